The fourth-order valence-corrected chi connectivity index (χ4v) is 4.64. The van der Waals surface area contributed by atoms with Gasteiger partial charge in [0.15, 0.2) is 17.6 Å². The van der Waals surface area contributed by atoms with Crippen molar-refractivity contribution in [1.82, 2.24) is 9.97 Å². The minimum absolute atomic E-state index is 0.216. The first kappa shape index (κ1) is 25.0. The van der Waals surface area contributed by atoms with Gasteiger partial charge in [-0.3, -0.25) is 0 Å². The molecule has 188 valence electrons. The highest BCUT2D eigenvalue weighted by Gasteiger charge is 2.21. The minimum atomic E-state index is -1.02. The van der Waals surface area contributed by atoms with Crippen LogP contribution in [0.25, 0.3) is 22.6 Å². The van der Waals surface area contributed by atoms with Gasteiger partial charge >= 0.3 is 5.97 Å². The molecular formula is C29H25IN2O5. The van der Waals surface area contributed by atoms with Crippen LogP contribution in [-0.2, 0) is 24.1 Å². The zero-order valence-electron chi connectivity index (χ0n) is 20.2. The molecule has 0 aliphatic heterocycles. The van der Waals surface area contributed by atoms with Gasteiger partial charge in [0, 0.05) is 22.0 Å². The van der Waals surface area contributed by atoms with Crippen LogP contribution in [0.15, 0.2) is 81.6 Å². The number of ether oxygens (including phenoxy) is 1. The Morgan fingerprint density at radius 2 is 1.84 bits per heavy atom. The van der Waals surface area contributed by atoms with Gasteiger partial charge < -0.3 is 18.7 Å². The van der Waals surface area contributed by atoms with Crippen molar-refractivity contribution in [3.05, 3.63) is 99.3 Å². The van der Waals surface area contributed by atoms with Crippen molar-refractivity contribution >= 4 is 39.7 Å². The zero-order valence-corrected chi connectivity index (χ0v) is 22.3. The lowest BCUT2D eigenvalue weighted by molar-refractivity contribution is -0.145. The Hall–Kier alpha value is -3.66. The number of aliphatic carboxylic acids is 1. The summed E-state index contributed by atoms with van der Waals surface area (Å²) in [6.07, 6.45) is 1.43. The van der Waals surface area contributed by atoms with Crippen molar-refractivity contribution in [1.29, 1.82) is 0 Å². The second-order valence-electron chi connectivity index (χ2n) is 8.76. The smallest absolute Gasteiger partial charge is 0.345 e. The molecule has 0 aliphatic carbocycles. The summed E-state index contributed by atoms with van der Waals surface area (Å²) in [5, 5.41) is 9.69. The molecule has 5 aromatic rings. The molecule has 0 spiro atoms. The Bertz CT molecular complexity index is 1530. The number of rotatable bonds is 10. The first-order valence-electron chi connectivity index (χ1n) is 12.0. The Kier molecular flexibility index (Phi) is 7.55. The lowest BCUT2D eigenvalue weighted by atomic mass is 10.1. The van der Waals surface area contributed by atoms with Crippen LogP contribution in [0.1, 0.15) is 29.3 Å². The number of fused-ring (bicyclic) bond motifs is 1. The summed E-state index contributed by atoms with van der Waals surface area (Å²) < 4.78 is 18.5. The fraction of sp³-hybridized carbons (Fsp3) is 0.207. The maximum atomic E-state index is 11.8. The van der Waals surface area contributed by atoms with Crippen LogP contribution in [0, 0.1) is 10.5 Å². The molecule has 37 heavy (non-hydrogen) atoms. The van der Waals surface area contributed by atoms with E-state index >= 15 is 0 Å². The van der Waals surface area contributed by atoms with Crippen LogP contribution < -0.4 is 4.74 Å². The third-order valence-electron chi connectivity index (χ3n) is 5.98. The van der Waals surface area contributed by atoms with E-state index in [0.717, 1.165) is 39.0 Å². The van der Waals surface area contributed by atoms with Crippen LogP contribution in [0.4, 0.5) is 0 Å². The molecule has 0 saturated carbocycles. The standard InChI is InChI=1S/C29H25IN2O5/c1-18-23(32-28(35-18)20-7-3-2-4-8-20)11-6-12-27-31-24-15-19(13-14-25(24)37-27)16-26(29(33)34)36-22-10-5-9-21(30)17-22/h2-5,7-10,13-15,17,26H,6,11-12,16H2,1H3,(H,33,34)/t26-/m0/s1. The fourth-order valence-electron chi connectivity index (χ4n) is 4.12. The van der Waals surface area contributed by atoms with Crippen molar-refractivity contribution in [2.75, 3.05) is 0 Å². The maximum Gasteiger partial charge on any atom is 0.345 e. The monoisotopic (exact) mass is 608 g/mol. The third-order valence-corrected chi connectivity index (χ3v) is 6.66. The summed E-state index contributed by atoms with van der Waals surface area (Å²) in [5.41, 5.74) is 4.09. The van der Waals surface area contributed by atoms with Crippen molar-refractivity contribution in [3.63, 3.8) is 0 Å². The number of benzene rings is 3. The number of hydrogen-bond acceptors (Lipinski definition) is 6. The molecule has 0 fully saturated rings. The summed E-state index contributed by atoms with van der Waals surface area (Å²) in [6, 6.07) is 22.7. The Morgan fingerprint density at radius 3 is 2.62 bits per heavy atom. The summed E-state index contributed by atoms with van der Waals surface area (Å²) >= 11 is 2.17. The molecule has 1 atom stereocenters. The lowest BCUT2D eigenvalue weighted by Crippen LogP contribution is -2.29. The summed E-state index contributed by atoms with van der Waals surface area (Å²) in [6.45, 7) is 1.93. The molecule has 2 heterocycles. The molecular weight excluding hydrogens is 583 g/mol. The molecule has 0 unspecified atom stereocenters. The van der Waals surface area contributed by atoms with E-state index in [1.54, 1.807) is 6.07 Å². The third kappa shape index (κ3) is 6.19. The Morgan fingerprint density at radius 1 is 1.00 bits per heavy atom. The van der Waals surface area contributed by atoms with Crippen molar-refractivity contribution in [2.24, 2.45) is 0 Å². The molecule has 0 saturated heterocycles. The van der Waals surface area contributed by atoms with E-state index in [-0.39, 0.29) is 6.42 Å². The van der Waals surface area contributed by atoms with Crippen LogP contribution in [0.2, 0.25) is 0 Å². The van der Waals surface area contributed by atoms with E-state index in [9.17, 15) is 9.90 Å². The first-order valence-corrected chi connectivity index (χ1v) is 13.1. The number of aryl methyl sites for hydroxylation is 3. The van der Waals surface area contributed by atoms with Gasteiger partial charge in [-0.15, -0.1) is 0 Å². The predicted octanol–water partition coefficient (Wildman–Crippen LogP) is 6.65. The molecule has 3 aromatic carbocycles. The van der Waals surface area contributed by atoms with E-state index in [0.29, 0.717) is 35.1 Å². The molecule has 7 nitrogen and oxygen atoms in total. The van der Waals surface area contributed by atoms with Gasteiger partial charge in [-0.1, -0.05) is 30.3 Å². The van der Waals surface area contributed by atoms with Gasteiger partial charge in [0.1, 0.15) is 17.0 Å². The Balaban J connectivity index is 1.22. The number of hydrogen-bond donors (Lipinski definition) is 1. The summed E-state index contributed by atoms with van der Waals surface area (Å²) in [4.78, 5) is 21.1. The topological polar surface area (TPSA) is 98.6 Å². The molecule has 0 amide bonds. The highest BCUT2D eigenvalue weighted by molar-refractivity contribution is 14.1. The number of carboxylic acids is 1. The van der Waals surface area contributed by atoms with Gasteiger partial charge in [-0.2, -0.15) is 0 Å². The molecule has 0 radical (unpaired) electrons. The number of oxazole rings is 2. The largest absolute Gasteiger partial charge is 0.478 e. The summed E-state index contributed by atoms with van der Waals surface area (Å²) in [5.74, 6) is 1.61. The van der Waals surface area contributed by atoms with E-state index in [1.165, 1.54) is 0 Å². The summed E-state index contributed by atoms with van der Waals surface area (Å²) in [7, 11) is 0. The van der Waals surface area contributed by atoms with Crippen molar-refractivity contribution < 1.29 is 23.5 Å². The predicted molar refractivity (Wildman–Crippen MR) is 148 cm³/mol. The average Bonchev–Trinajstić information content (AvgIpc) is 3.46. The molecule has 0 aliphatic rings. The van der Waals surface area contributed by atoms with Gasteiger partial charge in [0.05, 0.1) is 5.69 Å². The second-order valence-corrected chi connectivity index (χ2v) is 10.0. The normalized spacial score (nSPS) is 12.1. The quantitative estimate of drug-likeness (QED) is 0.178. The first-order chi connectivity index (χ1) is 17.9. The molecule has 8 heteroatoms. The number of carbonyl (C=O) groups is 1. The van der Waals surface area contributed by atoms with E-state index in [4.69, 9.17) is 13.6 Å². The van der Waals surface area contributed by atoms with Gasteiger partial charge in [-0.25, -0.2) is 14.8 Å². The molecule has 1 N–H and O–H groups in total. The number of halogens is 1. The second kappa shape index (κ2) is 11.2. The highest BCUT2D eigenvalue weighted by atomic mass is 127. The highest BCUT2D eigenvalue weighted by Crippen LogP contribution is 2.24. The zero-order chi connectivity index (χ0) is 25.8. The maximum absolute atomic E-state index is 11.8. The van der Waals surface area contributed by atoms with Gasteiger partial charge in [0.25, 0.3) is 0 Å². The Labute approximate surface area is 227 Å². The lowest BCUT2D eigenvalue weighted by Gasteiger charge is -2.15. The van der Waals surface area contributed by atoms with Crippen LogP contribution in [-0.4, -0.2) is 27.1 Å². The van der Waals surface area contributed by atoms with Gasteiger partial charge in [0.2, 0.25) is 5.89 Å². The van der Waals surface area contributed by atoms with E-state index < -0.39 is 12.1 Å². The van der Waals surface area contributed by atoms with E-state index in [1.807, 2.05) is 73.7 Å². The van der Waals surface area contributed by atoms with Crippen molar-refractivity contribution in [2.45, 2.75) is 38.7 Å². The van der Waals surface area contributed by atoms with Crippen LogP contribution >= 0.6 is 22.6 Å². The van der Waals surface area contributed by atoms with Crippen LogP contribution in [0.3, 0.4) is 0 Å². The molecule has 2 aromatic heterocycles. The number of nitrogens with zero attached hydrogens (tertiary/aromatic N) is 2. The molecule has 5 rings (SSSR count). The van der Waals surface area contributed by atoms with Crippen molar-refractivity contribution in [3.8, 4) is 17.2 Å². The molecule has 0 bridgehead atoms. The SMILES string of the molecule is Cc1oc(-c2ccccc2)nc1CCCc1nc2cc(C[C@H](Oc3cccc(I)c3)C(=O)O)ccc2o1. The van der Waals surface area contributed by atoms with Gasteiger partial charge in [-0.05, 0) is 90.4 Å². The minimum Gasteiger partial charge on any atom is -0.478 e. The van der Waals surface area contributed by atoms with E-state index in [2.05, 4.69) is 32.6 Å². The number of aromatic nitrogens is 2. The average molecular weight is 608 g/mol. The van der Waals surface area contributed by atoms with Crippen LogP contribution in [0.5, 0.6) is 5.75 Å². The number of carboxylic acid groups (broad SMARTS) is 1.